The zero-order valence-electron chi connectivity index (χ0n) is 5.82. The van der Waals surface area contributed by atoms with Crippen LogP contribution in [0.1, 0.15) is 12.7 Å². The van der Waals surface area contributed by atoms with Crippen LogP contribution in [0, 0.1) is 0 Å². The van der Waals surface area contributed by atoms with Gasteiger partial charge in [0.15, 0.2) is 6.39 Å². The third kappa shape index (κ3) is 2.03. The van der Waals surface area contributed by atoms with Gasteiger partial charge in [0.1, 0.15) is 5.76 Å². The molecular weight excluding hydrogens is 128 g/mol. The van der Waals surface area contributed by atoms with E-state index in [4.69, 9.17) is 10.2 Å². The molecule has 10 heavy (non-hydrogen) atoms. The number of oxazole rings is 1. The highest BCUT2D eigenvalue weighted by atomic mass is 16.3. The Labute approximate surface area is 59.6 Å². The van der Waals surface area contributed by atoms with Crippen LogP contribution >= 0.6 is 0 Å². The molecule has 0 fully saturated rings. The van der Waals surface area contributed by atoms with Gasteiger partial charge in [0.25, 0.3) is 0 Å². The van der Waals surface area contributed by atoms with Crippen LogP contribution < -0.4 is 5.73 Å². The molecule has 3 nitrogen and oxygen atoms in total. The van der Waals surface area contributed by atoms with Crippen molar-refractivity contribution in [2.75, 3.05) is 0 Å². The van der Waals surface area contributed by atoms with E-state index in [2.05, 4.69) is 4.98 Å². The van der Waals surface area contributed by atoms with Crippen LogP contribution in [-0.4, -0.2) is 11.0 Å². The Kier molecular flexibility index (Phi) is 2.23. The van der Waals surface area contributed by atoms with Gasteiger partial charge in [-0.15, -0.1) is 0 Å². The molecule has 1 heterocycles. The maximum atomic E-state index is 5.46. The molecule has 2 N–H and O–H groups in total. The normalized spacial score (nSPS) is 14.2. The van der Waals surface area contributed by atoms with E-state index < -0.39 is 0 Å². The van der Waals surface area contributed by atoms with Crippen molar-refractivity contribution in [3.05, 3.63) is 24.4 Å². The predicted octanol–water partition coefficient (Wildman–Crippen LogP) is 1.04. The summed E-state index contributed by atoms with van der Waals surface area (Å²) >= 11 is 0. The zero-order chi connectivity index (χ0) is 7.40. The minimum absolute atomic E-state index is 0.0603. The molecule has 0 saturated heterocycles. The second kappa shape index (κ2) is 3.17. The van der Waals surface area contributed by atoms with E-state index in [0.29, 0.717) is 0 Å². The first-order valence-electron chi connectivity index (χ1n) is 3.11. The molecule has 1 rings (SSSR count). The van der Waals surface area contributed by atoms with Crippen molar-refractivity contribution in [3.63, 3.8) is 0 Å². The van der Waals surface area contributed by atoms with E-state index in [0.717, 1.165) is 5.76 Å². The van der Waals surface area contributed by atoms with E-state index in [1.54, 1.807) is 12.3 Å². The van der Waals surface area contributed by atoms with Crippen LogP contribution in [0.2, 0.25) is 0 Å². The first-order chi connectivity index (χ1) is 4.79. The Balaban J connectivity index is 2.55. The lowest BCUT2D eigenvalue weighted by molar-refractivity contribution is 0.548. The second-order valence-electron chi connectivity index (χ2n) is 2.12. The maximum absolute atomic E-state index is 5.46. The van der Waals surface area contributed by atoms with Crippen molar-refractivity contribution in [2.24, 2.45) is 5.73 Å². The summed E-state index contributed by atoms with van der Waals surface area (Å²) in [5.41, 5.74) is 5.46. The Hall–Kier alpha value is -1.09. The molecule has 0 amide bonds. The molecule has 0 radical (unpaired) electrons. The number of hydrogen-bond donors (Lipinski definition) is 1. The second-order valence-corrected chi connectivity index (χ2v) is 2.12. The molecule has 1 unspecified atom stereocenters. The predicted molar refractivity (Wildman–Crippen MR) is 39.2 cm³/mol. The fourth-order valence-corrected chi connectivity index (χ4v) is 0.555. The van der Waals surface area contributed by atoms with E-state index in [1.807, 2.05) is 13.0 Å². The molecule has 54 valence electrons. The summed E-state index contributed by atoms with van der Waals surface area (Å²) in [6, 6.07) is 0.0603. The average Bonchev–Trinajstić information content (AvgIpc) is 2.34. The van der Waals surface area contributed by atoms with Crippen molar-refractivity contribution in [2.45, 2.75) is 13.0 Å². The standard InChI is InChI=1S/C7H10N2O/c1-6(8)2-3-7-4-9-5-10-7/h2-6H,8H2,1H3/b3-2+. The van der Waals surface area contributed by atoms with Gasteiger partial charge < -0.3 is 10.2 Å². The smallest absolute Gasteiger partial charge is 0.181 e. The number of aromatic nitrogens is 1. The molecule has 0 aromatic carbocycles. The summed E-state index contributed by atoms with van der Waals surface area (Å²) in [7, 11) is 0. The van der Waals surface area contributed by atoms with Crippen molar-refractivity contribution in [1.82, 2.24) is 4.98 Å². The molecule has 0 aliphatic heterocycles. The van der Waals surface area contributed by atoms with Gasteiger partial charge in [-0.1, -0.05) is 6.08 Å². The molecule has 3 heteroatoms. The fourth-order valence-electron chi connectivity index (χ4n) is 0.555. The van der Waals surface area contributed by atoms with Gasteiger partial charge in [0.05, 0.1) is 6.20 Å². The van der Waals surface area contributed by atoms with Crippen molar-refractivity contribution in [1.29, 1.82) is 0 Å². The Morgan fingerprint density at radius 3 is 3.10 bits per heavy atom. The van der Waals surface area contributed by atoms with Gasteiger partial charge in [0, 0.05) is 6.04 Å². The number of rotatable bonds is 2. The number of hydrogen-bond acceptors (Lipinski definition) is 3. The summed E-state index contributed by atoms with van der Waals surface area (Å²) in [5, 5.41) is 0. The molecule has 0 aliphatic rings. The third-order valence-electron chi connectivity index (χ3n) is 1.02. The minimum atomic E-state index is 0.0603. The largest absolute Gasteiger partial charge is 0.444 e. The van der Waals surface area contributed by atoms with Gasteiger partial charge >= 0.3 is 0 Å². The quantitative estimate of drug-likeness (QED) is 0.664. The average molecular weight is 138 g/mol. The summed E-state index contributed by atoms with van der Waals surface area (Å²) < 4.78 is 4.93. The molecule has 0 spiro atoms. The lowest BCUT2D eigenvalue weighted by atomic mass is 10.3. The lowest BCUT2D eigenvalue weighted by Crippen LogP contribution is -2.09. The first kappa shape index (κ1) is 7.02. The highest BCUT2D eigenvalue weighted by Crippen LogP contribution is 1.99. The highest BCUT2D eigenvalue weighted by Gasteiger charge is 1.88. The topological polar surface area (TPSA) is 52.0 Å². The van der Waals surface area contributed by atoms with Crippen molar-refractivity contribution in [3.8, 4) is 0 Å². The third-order valence-corrected chi connectivity index (χ3v) is 1.02. The molecule has 1 aromatic rings. The SMILES string of the molecule is CC(N)/C=C/c1cnco1. The van der Waals surface area contributed by atoms with Crippen LogP contribution in [0.5, 0.6) is 0 Å². The Morgan fingerprint density at radius 2 is 2.60 bits per heavy atom. The van der Waals surface area contributed by atoms with Crippen LogP contribution in [0.15, 0.2) is 23.1 Å². The molecule has 0 saturated carbocycles. The Morgan fingerprint density at radius 1 is 1.80 bits per heavy atom. The maximum Gasteiger partial charge on any atom is 0.181 e. The van der Waals surface area contributed by atoms with Gasteiger partial charge in [-0.25, -0.2) is 4.98 Å². The molecular formula is C7H10N2O. The Bertz CT molecular complexity index is 201. The summed E-state index contributed by atoms with van der Waals surface area (Å²) in [5.74, 6) is 0.734. The van der Waals surface area contributed by atoms with Gasteiger partial charge in [-0.2, -0.15) is 0 Å². The highest BCUT2D eigenvalue weighted by molar-refractivity contribution is 5.41. The van der Waals surface area contributed by atoms with E-state index in [9.17, 15) is 0 Å². The zero-order valence-corrected chi connectivity index (χ0v) is 5.82. The first-order valence-corrected chi connectivity index (χ1v) is 3.11. The summed E-state index contributed by atoms with van der Waals surface area (Å²) in [6.45, 7) is 1.90. The minimum Gasteiger partial charge on any atom is -0.444 e. The molecule has 1 atom stereocenters. The van der Waals surface area contributed by atoms with Gasteiger partial charge in [0.2, 0.25) is 0 Å². The van der Waals surface area contributed by atoms with Gasteiger partial charge in [-0.3, -0.25) is 0 Å². The summed E-state index contributed by atoms with van der Waals surface area (Å²) in [4.78, 5) is 3.74. The van der Waals surface area contributed by atoms with E-state index in [-0.39, 0.29) is 6.04 Å². The van der Waals surface area contributed by atoms with E-state index >= 15 is 0 Å². The monoisotopic (exact) mass is 138 g/mol. The van der Waals surface area contributed by atoms with Crippen molar-refractivity contribution >= 4 is 6.08 Å². The molecule has 0 aliphatic carbocycles. The molecule has 0 bridgehead atoms. The van der Waals surface area contributed by atoms with E-state index in [1.165, 1.54) is 6.39 Å². The number of nitrogens with two attached hydrogens (primary N) is 1. The summed E-state index contributed by atoms with van der Waals surface area (Å²) in [6.07, 6.45) is 6.68. The van der Waals surface area contributed by atoms with Crippen LogP contribution in [0.25, 0.3) is 6.08 Å². The van der Waals surface area contributed by atoms with Crippen LogP contribution in [0.4, 0.5) is 0 Å². The van der Waals surface area contributed by atoms with Gasteiger partial charge in [-0.05, 0) is 13.0 Å². The number of nitrogens with zero attached hydrogens (tertiary/aromatic N) is 1. The van der Waals surface area contributed by atoms with Crippen LogP contribution in [-0.2, 0) is 0 Å². The molecule has 1 aromatic heterocycles. The van der Waals surface area contributed by atoms with Crippen molar-refractivity contribution < 1.29 is 4.42 Å². The fraction of sp³-hybridized carbons (Fsp3) is 0.286. The lowest BCUT2D eigenvalue weighted by Gasteiger charge is -1.90. The van der Waals surface area contributed by atoms with Crippen LogP contribution in [0.3, 0.4) is 0 Å².